The Kier molecular flexibility index (Phi) is 6.22. The predicted molar refractivity (Wildman–Crippen MR) is 111 cm³/mol. The summed E-state index contributed by atoms with van der Waals surface area (Å²) in [6, 6.07) is 12.7. The number of hydrogen-bond donors (Lipinski definition) is 1. The third-order valence-corrected chi connectivity index (χ3v) is 5.13. The summed E-state index contributed by atoms with van der Waals surface area (Å²) in [5.74, 6) is 1.09. The maximum atomic E-state index is 12.9. The smallest absolute Gasteiger partial charge is 0.223 e. The number of nitrogens with zero attached hydrogens (tertiary/aromatic N) is 1. The molecule has 2 aromatic rings. The highest BCUT2D eigenvalue weighted by Crippen LogP contribution is 2.34. The van der Waals surface area contributed by atoms with E-state index in [9.17, 15) is 9.59 Å². The third-order valence-electron chi connectivity index (χ3n) is 5.13. The number of amides is 2. The van der Waals surface area contributed by atoms with Crippen LogP contribution in [0.1, 0.15) is 49.0 Å². The molecule has 1 aliphatic rings. The van der Waals surface area contributed by atoms with Crippen LogP contribution >= 0.6 is 0 Å². The maximum absolute atomic E-state index is 12.9. The molecule has 0 radical (unpaired) electrons. The van der Waals surface area contributed by atoms with Gasteiger partial charge < -0.3 is 19.7 Å². The van der Waals surface area contributed by atoms with Gasteiger partial charge in [-0.2, -0.15) is 0 Å². The fraction of sp³-hybridized carbons (Fsp3) is 0.304. The van der Waals surface area contributed by atoms with Gasteiger partial charge >= 0.3 is 0 Å². The number of carbonyl (C=O) groups excluding carboxylic acids is 2. The van der Waals surface area contributed by atoms with Crippen LogP contribution in [0.3, 0.4) is 0 Å². The van der Waals surface area contributed by atoms with E-state index in [1.54, 1.807) is 31.4 Å². The molecule has 2 aromatic carbocycles. The molecule has 0 saturated carbocycles. The normalized spacial score (nSPS) is 16.0. The molecule has 1 aliphatic heterocycles. The van der Waals surface area contributed by atoms with Gasteiger partial charge in [-0.15, -0.1) is 0 Å². The number of methoxy groups -OCH3 is 2. The average molecular weight is 394 g/mol. The summed E-state index contributed by atoms with van der Waals surface area (Å²) in [5, 5.41) is 3.02. The van der Waals surface area contributed by atoms with Gasteiger partial charge in [-0.3, -0.25) is 9.59 Å². The molecule has 6 heteroatoms. The minimum atomic E-state index is -0.335. The maximum Gasteiger partial charge on any atom is 0.223 e. The van der Waals surface area contributed by atoms with E-state index < -0.39 is 0 Å². The molecular weight excluding hydrogens is 368 g/mol. The Labute approximate surface area is 171 Å². The second-order valence-electron chi connectivity index (χ2n) is 6.99. The first kappa shape index (κ1) is 20.5. The minimum Gasteiger partial charge on any atom is -0.497 e. The SMILES string of the molecule is COc1ccc(C(C)NC(=O)CC2c3ccccc3C=CN2C(C)=O)c(OC)c1. The van der Waals surface area contributed by atoms with Crippen molar-refractivity contribution in [1.29, 1.82) is 0 Å². The summed E-state index contributed by atoms with van der Waals surface area (Å²) in [5.41, 5.74) is 2.84. The van der Waals surface area contributed by atoms with Gasteiger partial charge in [0.15, 0.2) is 0 Å². The van der Waals surface area contributed by atoms with Gasteiger partial charge in [0, 0.05) is 24.8 Å². The molecule has 0 aromatic heterocycles. The zero-order valence-corrected chi connectivity index (χ0v) is 17.1. The van der Waals surface area contributed by atoms with Crippen molar-refractivity contribution in [1.82, 2.24) is 10.2 Å². The number of rotatable bonds is 6. The molecule has 2 atom stereocenters. The van der Waals surface area contributed by atoms with Crippen molar-refractivity contribution in [3.63, 3.8) is 0 Å². The number of hydrogen-bond acceptors (Lipinski definition) is 4. The highest BCUT2D eigenvalue weighted by atomic mass is 16.5. The Morgan fingerprint density at radius 3 is 2.59 bits per heavy atom. The summed E-state index contributed by atoms with van der Waals surface area (Å²) in [4.78, 5) is 26.6. The van der Waals surface area contributed by atoms with Crippen LogP contribution in [-0.2, 0) is 9.59 Å². The van der Waals surface area contributed by atoms with Gasteiger partial charge in [0.25, 0.3) is 0 Å². The standard InChI is InChI=1S/C23H26N2O4/c1-15(19-10-9-18(28-3)13-22(19)29-4)24-23(27)14-21-20-8-6-5-7-17(20)11-12-25(21)16(2)26/h5-13,15,21H,14H2,1-4H3,(H,24,27). The third kappa shape index (κ3) is 4.42. The second-order valence-corrected chi connectivity index (χ2v) is 6.99. The van der Waals surface area contributed by atoms with E-state index in [4.69, 9.17) is 9.47 Å². The molecule has 6 nitrogen and oxygen atoms in total. The first-order valence-corrected chi connectivity index (χ1v) is 9.52. The molecule has 0 aliphatic carbocycles. The zero-order valence-electron chi connectivity index (χ0n) is 17.1. The van der Waals surface area contributed by atoms with Crippen molar-refractivity contribution in [3.05, 3.63) is 65.4 Å². The Morgan fingerprint density at radius 1 is 1.14 bits per heavy atom. The van der Waals surface area contributed by atoms with E-state index in [2.05, 4.69) is 5.32 Å². The molecule has 152 valence electrons. The van der Waals surface area contributed by atoms with Gasteiger partial charge in [-0.05, 0) is 36.3 Å². The lowest BCUT2D eigenvalue weighted by Gasteiger charge is -2.32. The fourth-order valence-electron chi connectivity index (χ4n) is 3.64. The monoisotopic (exact) mass is 394 g/mol. The van der Waals surface area contributed by atoms with Gasteiger partial charge in [-0.25, -0.2) is 0 Å². The number of ether oxygens (including phenoxy) is 2. The van der Waals surface area contributed by atoms with E-state index in [1.807, 2.05) is 49.4 Å². The van der Waals surface area contributed by atoms with Crippen LogP contribution in [0, 0.1) is 0 Å². The van der Waals surface area contributed by atoms with Crippen molar-refractivity contribution >= 4 is 17.9 Å². The second kappa shape index (κ2) is 8.82. The van der Waals surface area contributed by atoms with Crippen molar-refractivity contribution < 1.29 is 19.1 Å². The van der Waals surface area contributed by atoms with E-state index in [1.165, 1.54) is 6.92 Å². The summed E-state index contributed by atoms with van der Waals surface area (Å²) in [7, 11) is 3.18. The van der Waals surface area contributed by atoms with Gasteiger partial charge in [0.2, 0.25) is 11.8 Å². The molecule has 2 unspecified atom stereocenters. The van der Waals surface area contributed by atoms with Gasteiger partial charge in [-0.1, -0.05) is 24.3 Å². The molecule has 3 rings (SSSR count). The summed E-state index contributed by atoms with van der Waals surface area (Å²) >= 11 is 0. The first-order chi connectivity index (χ1) is 13.9. The van der Waals surface area contributed by atoms with Crippen molar-refractivity contribution in [2.45, 2.75) is 32.4 Å². The molecule has 0 fully saturated rings. The number of carbonyl (C=O) groups is 2. The molecule has 2 amide bonds. The molecule has 0 bridgehead atoms. The molecule has 1 heterocycles. The zero-order chi connectivity index (χ0) is 21.0. The van der Waals surface area contributed by atoms with Crippen molar-refractivity contribution in [3.8, 4) is 11.5 Å². The summed E-state index contributed by atoms with van der Waals surface area (Å²) in [6.45, 7) is 3.41. The van der Waals surface area contributed by atoms with E-state index >= 15 is 0 Å². The molecule has 0 spiro atoms. The predicted octanol–water partition coefficient (Wildman–Crippen LogP) is 3.85. The molecule has 1 N–H and O–H groups in total. The van der Waals surface area contributed by atoms with Gasteiger partial charge in [0.05, 0.1) is 32.7 Å². The lowest BCUT2D eigenvalue weighted by Crippen LogP contribution is -2.36. The minimum absolute atomic E-state index is 0.0987. The Hall–Kier alpha value is -3.28. The quantitative estimate of drug-likeness (QED) is 0.808. The highest BCUT2D eigenvalue weighted by Gasteiger charge is 2.28. The Bertz CT molecular complexity index is 938. The van der Waals surface area contributed by atoms with E-state index in [-0.39, 0.29) is 30.3 Å². The van der Waals surface area contributed by atoms with Crippen molar-refractivity contribution in [2.75, 3.05) is 14.2 Å². The Balaban J connectivity index is 1.77. The van der Waals surface area contributed by atoms with Crippen LogP contribution in [-0.4, -0.2) is 30.9 Å². The van der Waals surface area contributed by atoms with Crippen LogP contribution in [0.4, 0.5) is 0 Å². The first-order valence-electron chi connectivity index (χ1n) is 9.52. The van der Waals surface area contributed by atoms with Crippen molar-refractivity contribution in [2.24, 2.45) is 0 Å². The van der Waals surface area contributed by atoms with Crippen LogP contribution in [0.15, 0.2) is 48.7 Å². The molecule has 29 heavy (non-hydrogen) atoms. The molecule has 0 saturated heterocycles. The van der Waals surface area contributed by atoms with Crippen LogP contribution in [0.25, 0.3) is 6.08 Å². The lowest BCUT2D eigenvalue weighted by molar-refractivity contribution is -0.130. The number of benzene rings is 2. The Morgan fingerprint density at radius 2 is 1.90 bits per heavy atom. The summed E-state index contributed by atoms with van der Waals surface area (Å²) < 4.78 is 10.7. The number of nitrogens with one attached hydrogen (secondary N) is 1. The largest absolute Gasteiger partial charge is 0.497 e. The summed E-state index contributed by atoms with van der Waals surface area (Å²) in [6.07, 6.45) is 3.82. The van der Waals surface area contributed by atoms with Crippen LogP contribution in [0.5, 0.6) is 11.5 Å². The van der Waals surface area contributed by atoms with Gasteiger partial charge in [0.1, 0.15) is 11.5 Å². The number of fused-ring (bicyclic) bond motifs is 1. The van der Waals surface area contributed by atoms with E-state index in [0.29, 0.717) is 11.5 Å². The fourth-order valence-corrected chi connectivity index (χ4v) is 3.64. The molecular formula is C23H26N2O4. The van der Waals surface area contributed by atoms with Crippen LogP contribution < -0.4 is 14.8 Å². The average Bonchev–Trinajstić information content (AvgIpc) is 2.73. The van der Waals surface area contributed by atoms with Crippen LogP contribution in [0.2, 0.25) is 0 Å². The topological polar surface area (TPSA) is 67.9 Å². The van der Waals surface area contributed by atoms with E-state index in [0.717, 1.165) is 16.7 Å². The highest BCUT2D eigenvalue weighted by molar-refractivity contribution is 5.82. The lowest BCUT2D eigenvalue weighted by atomic mass is 9.93.